The molecule has 0 saturated carbocycles. The molecule has 0 bridgehead atoms. The summed E-state index contributed by atoms with van der Waals surface area (Å²) in [5, 5.41) is 9.03. The zero-order chi connectivity index (χ0) is 19.5. The number of anilines is 1. The van der Waals surface area contributed by atoms with Gasteiger partial charge in [0, 0.05) is 4.88 Å². The van der Waals surface area contributed by atoms with Crippen LogP contribution < -0.4 is 10.7 Å². The third-order valence-corrected chi connectivity index (χ3v) is 6.45. The molecule has 6 nitrogen and oxygen atoms in total. The minimum atomic E-state index is -0.271. The third kappa shape index (κ3) is 4.11. The van der Waals surface area contributed by atoms with E-state index in [1.165, 1.54) is 35.8 Å². The Balaban J connectivity index is 1.40. The van der Waals surface area contributed by atoms with E-state index >= 15 is 0 Å². The molecular formula is C19H17Cl2N5OS. The third-order valence-electron chi connectivity index (χ3n) is 4.51. The second-order valence-corrected chi connectivity index (χ2v) is 8.33. The van der Waals surface area contributed by atoms with Crippen LogP contribution in [0.2, 0.25) is 10.0 Å². The highest BCUT2D eigenvalue weighted by atomic mass is 35.5. The standard InChI is InChI=1S/C19H17Cl2N5OS/c20-13-6-5-11(7-14(13)21)8-25-26-16(27)9-22-18-17-12-3-1-2-4-15(12)28-19(17)24-10-23-18/h5-8,10H,1-4,9H2,(H,26,27)(H,22,23,24). The van der Waals surface area contributed by atoms with Crippen LogP contribution in [0.15, 0.2) is 29.6 Å². The highest BCUT2D eigenvalue weighted by molar-refractivity contribution is 7.19. The van der Waals surface area contributed by atoms with Crippen molar-refractivity contribution in [3.05, 3.63) is 50.6 Å². The number of aryl methyl sites for hydroxylation is 2. The summed E-state index contributed by atoms with van der Waals surface area (Å²) in [5.74, 6) is 0.431. The normalized spacial score (nSPS) is 13.6. The number of hydrogen-bond acceptors (Lipinski definition) is 6. The molecule has 1 aliphatic carbocycles. The molecule has 1 aliphatic rings. The topological polar surface area (TPSA) is 79.3 Å². The second-order valence-electron chi connectivity index (χ2n) is 6.43. The van der Waals surface area contributed by atoms with Crippen LogP contribution in [0.25, 0.3) is 10.2 Å². The van der Waals surface area contributed by atoms with Crippen molar-refractivity contribution in [2.24, 2.45) is 5.10 Å². The quantitative estimate of drug-likeness (QED) is 0.460. The van der Waals surface area contributed by atoms with E-state index in [1.54, 1.807) is 29.5 Å². The van der Waals surface area contributed by atoms with Gasteiger partial charge < -0.3 is 5.32 Å². The number of hydrazone groups is 1. The average molecular weight is 434 g/mol. The molecule has 28 heavy (non-hydrogen) atoms. The van der Waals surface area contributed by atoms with Crippen molar-refractivity contribution in [3.8, 4) is 0 Å². The summed E-state index contributed by atoms with van der Waals surface area (Å²) >= 11 is 13.6. The van der Waals surface area contributed by atoms with Crippen LogP contribution in [0.1, 0.15) is 28.8 Å². The van der Waals surface area contributed by atoms with Gasteiger partial charge in [-0.3, -0.25) is 4.79 Å². The van der Waals surface area contributed by atoms with E-state index in [0.717, 1.165) is 28.6 Å². The van der Waals surface area contributed by atoms with Crippen molar-refractivity contribution in [1.29, 1.82) is 0 Å². The number of thiophene rings is 1. The van der Waals surface area contributed by atoms with Gasteiger partial charge in [-0.15, -0.1) is 11.3 Å². The number of halogens is 2. The predicted octanol–water partition coefficient (Wildman–Crippen LogP) is 4.44. The minimum absolute atomic E-state index is 0.0649. The maximum absolute atomic E-state index is 12.1. The number of rotatable bonds is 5. The van der Waals surface area contributed by atoms with Gasteiger partial charge in [0.15, 0.2) is 0 Å². The van der Waals surface area contributed by atoms with Crippen molar-refractivity contribution in [3.63, 3.8) is 0 Å². The predicted molar refractivity (Wildman–Crippen MR) is 115 cm³/mol. The van der Waals surface area contributed by atoms with E-state index < -0.39 is 0 Å². The smallest absolute Gasteiger partial charge is 0.259 e. The summed E-state index contributed by atoms with van der Waals surface area (Å²) in [5.41, 5.74) is 4.56. The van der Waals surface area contributed by atoms with Crippen LogP contribution in [0.5, 0.6) is 0 Å². The van der Waals surface area contributed by atoms with E-state index in [0.29, 0.717) is 15.9 Å². The Morgan fingerprint density at radius 2 is 2.07 bits per heavy atom. The molecule has 0 fully saturated rings. The number of carbonyl (C=O) groups is 1. The molecule has 0 radical (unpaired) electrons. The van der Waals surface area contributed by atoms with Crippen LogP contribution in [-0.4, -0.2) is 28.6 Å². The number of nitrogens with zero attached hydrogens (tertiary/aromatic N) is 3. The van der Waals surface area contributed by atoms with Gasteiger partial charge >= 0.3 is 0 Å². The zero-order valence-corrected chi connectivity index (χ0v) is 17.2. The molecule has 2 N–H and O–H groups in total. The first-order valence-electron chi connectivity index (χ1n) is 8.88. The molecule has 2 heterocycles. The lowest BCUT2D eigenvalue weighted by molar-refractivity contribution is -0.119. The molecule has 3 aromatic rings. The Morgan fingerprint density at radius 3 is 2.93 bits per heavy atom. The van der Waals surface area contributed by atoms with Gasteiger partial charge in [-0.25, -0.2) is 15.4 Å². The lowest BCUT2D eigenvalue weighted by Gasteiger charge is -2.12. The Kier molecular flexibility index (Phi) is 5.75. The SMILES string of the molecule is O=C(CNc1ncnc2sc3c(c12)CCCC3)NN=Cc1ccc(Cl)c(Cl)c1. The van der Waals surface area contributed by atoms with E-state index in [-0.39, 0.29) is 12.5 Å². The van der Waals surface area contributed by atoms with Crippen LogP contribution in [0, 0.1) is 0 Å². The molecule has 9 heteroatoms. The van der Waals surface area contributed by atoms with Gasteiger partial charge in [0.1, 0.15) is 17.0 Å². The molecule has 1 aromatic carbocycles. The Hall–Kier alpha value is -2.22. The van der Waals surface area contributed by atoms with Crippen LogP contribution in [0.4, 0.5) is 5.82 Å². The fraction of sp³-hybridized carbons (Fsp3) is 0.263. The van der Waals surface area contributed by atoms with Gasteiger partial charge in [0.2, 0.25) is 0 Å². The summed E-state index contributed by atoms with van der Waals surface area (Å²) in [4.78, 5) is 23.2. The number of amides is 1. The molecule has 0 atom stereocenters. The summed E-state index contributed by atoms with van der Waals surface area (Å²) in [6.45, 7) is 0.0649. The number of carbonyl (C=O) groups excluding carboxylic acids is 1. The maximum Gasteiger partial charge on any atom is 0.259 e. The van der Waals surface area contributed by atoms with E-state index in [2.05, 4.69) is 25.8 Å². The Labute approximate surface area is 176 Å². The van der Waals surface area contributed by atoms with Gasteiger partial charge in [0.25, 0.3) is 5.91 Å². The molecular weight excluding hydrogens is 417 g/mol. The molecule has 0 unspecified atom stereocenters. The van der Waals surface area contributed by atoms with E-state index in [9.17, 15) is 4.79 Å². The van der Waals surface area contributed by atoms with Crippen molar-refractivity contribution < 1.29 is 4.79 Å². The summed E-state index contributed by atoms with van der Waals surface area (Å²) in [7, 11) is 0. The number of hydrogen-bond donors (Lipinski definition) is 2. The van der Waals surface area contributed by atoms with Crippen LogP contribution >= 0.6 is 34.5 Å². The van der Waals surface area contributed by atoms with E-state index in [1.807, 2.05) is 0 Å². The largest absolute Gasteiger partial charge is 0.360 e. The highest BCUT2D eigenvalue weighted by Crippen LogP contribution is 2.37. The molecule has 0 saturated heterocycles. The number of nitrogens with one attached hydrogen (secondary N) is 2. The van der Waals surface area contributed by atoms with Crippen molar-refractivity contribution in [2.45, 2.75) is 25.7 Å². The van der Waals surface area contributed by atoms with Crippen LogP contribution in [0.3, 0.4) is 0 Å². The van der Waals surface area contributed by atoms with Gasteiger partial charge in [-0.2, -0.15) is 5.10 Å². The first-order chi connectivity index (χ1) is 13.6. The Morgan fingerprint density at radius 1 is 1.21 bits per heavy atom. The lowest BCUT2D eigenvalue weighted by atomic mass is 9.97. The highest BCUT2D eigenvalue weighted by Gasteiger charge is 2.19. The summed E-state index contributed by atoms with van der Waals surface area (Å²) < 4.78 is 0. The summed E-state index contributed by atoms with van der Waals surface area (Å²) in [6, 6.07) is 5.12. The Bertz CT molecular complexity index is 1070. The second kappa shape index (κ2) is 8.43. The number of aromatic nitrogens is 2. The minimum Gasteiger partial charge on any atom is -0.360 e. The fourth-order valence-corrected chi connectivity index (χ4v) is 4.73. The average Bonchev–Trinajstić information content (AvgIpc) is 3.08. The molecule has 0 aliphatic heterocycles. The molecule has 0 spiro atoms. The number of benzene rings is 1. The molecule has 2 aromatic heterocycles. The van der Waals surface area contributed by atoms with Crippen molar-refractivity contribution in [1.82, 2.24) is 15.4 Å². The first kappa shape index (κ1) is 19.1. The molecule has 4 rings (SSSR count). The molecule has 144 valence electrons. The molecule has 1 amide bonds. The van der Waals surface area contributed by atoms with E-state index in [4.69, 9.17) is 23.2 Å². The van der Waals surface area contributed by atoms with Crippen molar-refractivity contribution in [2.75, 3.05) is 11.9 Å². The maximum atomic E-state index is 12.1. The van der Waals surface area contributed by atoms with Gasteiger partial charge in [0.05, 0.1) is 28.2 Å². The summed E-state index contributed by atoms with van der Waals surface area (Å²) in [6.07, 6.45) is 7.58. The fourth-order valence-electron chi connectivity index (χ4n) is 3.20. The number of fused-ring (bicyclic) bond motifs is 3. The van der Waals surface area contributed by atoms with Crippen LogP contribution in [-0.2, 0) is 17.6 Å². The monoisotopic (exact) mass is 433 g/mol. The van der Waals surface area contributed by atoms with Crippen molar-refractivity contribution >= 4 is 62.7 Å². The lowest BCUT2D eigenvalue weighted by Crippen LogP contribution is -2.26. The van der Waals surface area contributed by atoms with Gasteiger partial charge in [-0.1, -0.05) is 29.3 Å². The van der Waals surface area contributed by atoms with Gasteiger partial charge in [-0.05, 0) is 48.9 Å². The first-order valence-corrected chi connectivity index (χ1v) is 10.4. The zero-order valence-electron chi connectivity index (χ0n) is 14.8.